The van der Waals surface area contributed by atoms with Crippen LogP contribution in [0.5, 0.6) is 0 Å². The standard InChI is InChI=1S/C26H28N2/c1-2-7-19(8-3-1)16-27-17-22-11-6-12-23-24-15-21(20-9-4-5-10-20)13-14-25(24)28(18-27)26(22)23/h1-3,7-9,13-15,22H,4-6,10-12,16-18H2/t22-/m1/s1. The zero-order chi connectivity index (χ0) is 18.5. The first kappa shape index (κ1) is 16.6. The van der Waals surface area contributed by atoms with Gasteiger partial charge in [-0.15, -0.1) is 0 Å². The van der Waals surface area contributed by atoms with Gasteiger partial charge < -0.3 is 4.57 Å². The van der Waals surface area contributed by atoms with Crippen molar-refractivity contribution in [2.75, 3.05) is 6.54 Å². The number of hydrogen-bond donors (Lipinski definition) is 0. The van der Waals surface area contributed by atoms with Crippen molar-refractivity contribution in [3.8, 4) is 0 Å². The molecule has 6 rings (SSSR count). The van der Waals surface area contributed by atoms with Gasteiger partial charge in [-0.3, -0.25) is 4.90 Å². The fraction of sp³-hybridized carbons (Fsp3) is 0.385. The van der Waals surface area contributed by atoms with E-state index < -0.39 is 0 Å². The van der Waals surface area contributed by atoms with Crippen LogP contribution in [0.25, 0.3) is 16.5 Å². The van der Waals surface area contributed by atoms with Gasteiger partial charge in [0.15, 0.2) is 0 Å². The van der Waals surface area contributed by atoms with Crippen molar-refractivity contribution in [2.45, 2.75) is 57.7 Å². The molecule has 2 aromatic carbocycles. The Balaban J connectivity index is 1.42. The summed E-state index contributed by atoms with van der Waals surface area (Å²) < 4.78 is 2.65. The fourth-order valence-electron chi connectivity index (χ4n) is 5.82. The first-order valence-electron chi connectivity index (χ1n) is 11.0. The van der Waals surface area contributed by atoms with Crippen LogP contribution in [0.15, 0.2) is 54.6 Å². The molecular formula is C26H28N2. The zero-order valence-corrected chi connectivity index (χ0v) is 16.5. The number of aromatic nitrogens is 1. The third-order valence-corrected chi connectivity index (χ3v) is 7.06. The molecule has 2 nitrogen and oxygen atoms in total. The second-order valence-corrected chi connectivity index (χ2v) is 8.87. The van der Waals surface area contributed by atoms with Crippen LogP contribution >= 0.6 is 0 Å². The Bertz CT molecular complexity index is 1060. The normalized spacial score (nSPS) is 21.7. The molecule has 1 atom stereocenters. The summed E-state index contributed by atoms with van der Waals surface area (Å²) in [5, 5.41) is 1.53. The molecule has 0 N–H and O–H groups in total. The first-order valence-corrected chi connectivity index (χ1v) is 11.0. The molecule has 3 aromatic rings. The van der Waals surface area contributed by atoms with Gasteiger partial charge in [0, 0.05) is 35.6 Å². The summed E-state index contributed by atoms with van der Waals surface area (Å²) in [6.45, 7) is 3.28. The van der Waals surface area contributed by atoms with Crippen LogP contribution in [0, 0.1) is 0 Å². The molecule has 0 saturated carbocycles. The molecule has 2 aliphatic carbocycles. The second kappa shape index (κ2) is 6.63. The lowest BCUT2D eigenvalue weighted by Gasteiger charge is -2.37. The highest BCUT2D eigenvalue weighted by atomic mass is 15.3. The largest absolute Gasteiger partial charge is 0.330 e. The van der Waals surface area contributed by atoms with E-state index in [0.29, 0.717) is 5.92 Å². The van der Waals surface area contributed by atoms with Crippen molar-refractivity contribution < 1.29 is 0 Å². The van der Waals surface area contributed by atoms with Crippen LogP contribution in [0.4, 0.5) is 0 Å². The summed E-state index contributed by atoms with van der Waals surface area (Å²) in [6, 6.07) is 18.2. The van der Waals surface area contributed by atoms with Crippen LogP contribution in [0.2, 0.25) is 0 Å². The van der Waals surface area contributed by atoms with Gasteiger partial charge in [0.2, 0.25) is 0 Å². The lowest BCUT2D eigenvalue weighted by atomic mass is 9.85. The highest BCUT2D eigenvalue weighted by Gasteiger charge is 2.33. The highest BCUT2D eigenvalue weighted by molar-refractivity contribution is 5.89. The van der Waals surface area contributed by atoms with Gasteiger partial charge in [-0.1, -0.05) is 42.5 Å². The molecule has 0 radical (unpaired) electrons. The van der Waals surface area contributed by atoms with Crippen molar-refractivity contribution in [1.82, 2.24) is 9.47 Å². The minimum Gasteiger partial charge on any atom is -0.330 e. The van der Waals surface area contributed by atoms with Crippen LogP contribution in [0.1, 0.15) is 60.4 Å². The van der Waals surface area contributed by atoms with Gasteiger partial charge in [0.05, 0.1) is 6.67 Å². The quantitative estimate of drug-likeness (QED) is 0.542. The molecule has 1 aliphatic heterocycles. The van der Waals surface area contributed by atoms with Gasteiger partial charge in [0.1, 0.15) is 0 Å². The van der Waals surface area contributed by atoms with E-state index in [1.807, 2.05) is 0 Å². The molecule has 0 amide bonds. The van der Waals surface area contributed by atoms with E-state index in [-0.39, 0.29) is 0 Å². The molecule has 142 valence electrons. The van der Waals surface area contributed by atoms with E-state index in [2.05, 4.69) is 64.1 Å². The number of nitrogens with zero attached hydrogens (tertiary/aromatic N) is 2. The summed E-state index contributed by atoms with van der Waals surface area (Å²) in [7, 11) is 0. The first-order chi connectivity index (χ1) is 13.9. The van der Waals surface area contributed by atoms with Crippen molar-refractivity contribution in [1.29, 1.82) is 0 Å². The molecular weight excluding hydrogens is 340 g/mol. The number of benzene rings is 2. The predicted octanol–water partition coefficient (Wildman–Crippen LogP) is 6.10. The third kappa shape index (κ3) is 2.66. The monoisotopic (exact) mass is 368 g/mol. The van der Waals surface area contributed by atoms with E-state index in [4.69, 9.17) is 0 Å². The maximum absolute atomic E-state index is 2.65. The summed E-state index contributed by atoms with van der Waals surface area (Å²) in [5.41, 5.74) is 9.23. The Morgan fingerprint density at radius 1 is 0.964 bits per heavy atom. The molecule has 0 spiro atoms. The number of hydrogen-bond acceptors (Lipinski definition) is 1. The highest BCUT2D eigenvalue weighted by Crippen LogP contribution is 2.43. The van der Waals surface area contributed by atoms with E-state index >= 15 is 0 Å². The summed E-state index contributed by atoms with van der Waals surface area (Å²) in [6.07, 6.45) is 10.2. The maximum Gasteiger partial charge on any atom is 0.0757 e. The van der Waals surface area contributed by atoms with Crippen molar-refractivity contribution in [3.63, 3.8) is 0 Å². The molecule has 0 unspecified atom stereocenters. The Labute approximate surface area is 167 Å². The number of aryl methyl sites for hydroxylation is 1. The number of fused-ring (bicyclic) bond motifs is 3. The van der Waals surface area contributed by atoms with Crippen molar-refractivity contribution >= 4 is 16.5 Å². The lowest BCUT2D eigenvalue weighted by Crippen LogP contribution is -2.38. The van der Waals surface area contributed by atoms with Crippen LogP contribution in [-0.2, 0) is 19.6 Å². The smallest absolute Gasteiger partial charge is 0.0757 e. The van der Waals surface area contributed by atoms with Crippen LogP contribution in [-0.4, -0.2) is 16.0 Å². The average molecular weight is 369 g/mol. The number of rotatable bonds is 3. The van der Waals surface area contributed by atoms with Gasteiger partial charge in [-0.05, 0) is 72.9 Å². The van der Waals surface area contributed by atoms with Crippen molar-refractivity contribution in [3.05, 3.63) is 77.0 Å². The molecule has 1 aromatic heterocycles. The lowest BCUT2D eigenvalue weighted by molar-refractivity contribution is 0.159. The van der Waals surface area contributed by atoms with E-state index in [9.17, 15) is 0 Å². The Hall–Kier alpha value is -2.32. The fourth-order valence-corrected chi connectivity index (χ4v) is 5.82. The minimum atomic E-state index is 0.697. The van der Waals surface area contributed by atoms with Gasteiger partial charge in [0.25, 0.3) is 0 Å². The Morgan fingerprint density at radius 2 is 1.89 bits per heavy atom. The molecule has 3 aliphatic rings. The van der Waals surface area contributed by atoms with E-state index in [1.54, 1.807) is 16.8 Å². The van der Waals surface area contributed by atoms with Crippen molar-refractivity contribution in [2.24, 2.45) is 0 Å². The molecule has 2 heteroatoms. The van der Waals surface area contributed by atoms with Crippen LogP contribution < -0.4 is 0 Å². The third-order valence-electron chi connectivity index (χ3n) is 7.06. The molecule has 0 bridgehead atoms. The predicted molar refractivity (Wildman–Crippen MR) is 116 cm³/mol. The number of allylic oxidation sites excluding steroid dienone is 2. The van der Waals surface area contributed by atoms with E-state index in [1.165, 1.54) is 67.1 Å². The molecule has 28 heavy (non-hydrogen) atoms. The Morgan fingerprint density at radius 3 is 2.75 bits per heavy atom. The molecule has 0 saturated heterocycles. The minimum absolute atomic E-state index is 0.697. The zero-order valence-electron chi connectivity index (χ0n) is 16.5. The topological polar surface area (TPSA) is 8.17 Å². The van der Waals surface area contributed by atoms with Gasteiger partial charge in [-0.25, -0.2) is 0 Å². The van der Waals surface area contributed by atoms with E-state index in [0.717, 1.165) is 13.2 Å². The van der Waals surface area contributed by atoms with Crippen LogP contribution in [0.3, 0.4) is 0 Å². The summed E-state index contributed by atoms with van der Waals surface area (Å²) in [5.74, 6) is 0.697. The summed E-state index contributed by atoms with van der Waals surface area (Å²) in [4.78, 5) is 2.65. The molecule has 0 fully saturated rings. The summed E-state index contributed by atoms with van der Waals surface area (Å²) >= 11 is 0. The second-order valence-electron chi connectivity index (χ2n) is 8.87. The SMILES string of the molecule is C1=C(c2ccc3c(c2)c2c4n3CN(Cc3ccccc3)C[C@H]4CCC2)CCC1. The maximum atomic E-state index is 2.65. The van der Waals surface area contributed by atoms with Gasteiger partial charge in [-0.2, -0.15) is 0 Å². The van der Waals surface area contributed by atoms with Gasteiger partial charge >= 0.3 is 0 Å². The molecule has 2 heterocycles. The average Bonchev–Trinajstić information content (AvgIpc) is 3.37. The Kier molecular flexibility index (Phi) is 3.94.